The van der Waals surface area contributed by atoms with Crippen molar-refractivity contribution in [3.05, 3.63) is 16.9 Å². The maximum Gasteiger partial charge on any atom is 0.0820 e. The molecule has 0 amide bonds. The van der Waals surface area contributed by atoms with Gasteiger partial charge in [0, 0.05) is 13.0 Å². The van der Waals surface area contributed by atoms with Crippen LogP contribution in [-0.4, -0.2) is 16.3 Å². The zero-order chi connectivity index (χ0) is 11.7. The van der Waals surface area contributed by atoms with Crippen molar-refractivity contribution < 1.29 is 0 Å². The third-order valence-electron chi connectivity index (χ3n) is 3.85. The number of hydrogen-bond acceptors (Lipinski definition) is 2. The summed E-state index contributed by atoms with van der Waals surface area (Å²) in [5, 5.41) is 5.02. The van der Waals surface area contributed by atoms with Gasteiger partial charge in [-0.05, 0) is 31.2 Å². The van der Waals surface area contributed by atoms with Gasteiger partial charge in [0.15, 0.2) is 0 Å². The molecule has 0 saturated heterocycles. The molecule has 1 fully saturated rings. The lowest BCUT2D eigenvalue weighted by Crippen LogP contribution is -2.29. The number of aromatic nitrogens is 2. The predicted octanol–water partition coefficient (Wildman–Crippen LogP) is 2.55. The van der Waals surface area contributed by atoms with Crippen LogP contribution in [0.3, 0.4) is 0 Å². The van der Waals surface area contributed by atoms with Crippen molar-refractivity contribution in [3.63, 3.8) is 0 Å². The van der Waals surface area contributed by atoms with Crippen LogP contribution in [0.1, 0.15) is 37.8 Å². The van der Waals surface area contributed by atoms with Crippen LogP contribution in [0.4, 0.5) is 0 Å². The lowest BCUT2D eigenvalue weighted by atomic mass is 9.73. The van der Waals surface area contributed by atoms with Gasteiger partial charge in [-0.3, -0.25) is 4.68 Å². The molecule has 3 nitrogen and oxygen atoms in total. The van der Waals surface area contributed by atoms with E-state index in [9.17, 15) is 0 Å². The fourth-order valence-electron chi connectivity index (χ4n) is 2.90. The van der Waals surface area contributed by atoms with E-state index >= 15 is 0 Å². The second kappa shape index (κ2) is 4.76. The smallest absolute Gasteiger partial charge is 0.0820 e. The molecular formula is C12H20ClN3. The standard InChI is InChI=1S/C12H20ClN3/c1-8-3-4-9(6-14)10(5-8)12-11(13)7-15-16(12)2/h7-10H,3-6,14H2,1-2H3. The molecule has 0 aliphatic heterocycles. The largest absolute Gasteiger partial charge is 0.330 e. The van der Waals surface area contributed by atoms with Gasteiger partial charge < -0.3 is 5.73 Å². The topological polar surface area (TPSA) is 43.8 Å². The quantitative estimate of drug-likeness (QED) is 0.865. The number of aryl methyl sites for hydroxylation is 1. The van der Waals surface area contributed by atoms with E-state index in [0.717, 1.165) is 17.5 Å². The minimum absolute atomic E-state index is 0.480. The van der Waals surface area contributed by atoms with Gasteiger partial charge in [0.05, 0.1) is 16.9 Å². The Morgan fingerprint density at radius 1 is 1.56 bits per heavy atom. The molecule has 0 aromatic carbocycles. The lowest BCUT2D eigenvalue weighted by molar-refractivity contribution is 0.246. The van der Waals surface area contributed by atoms with E-state index in [2.05, 4.69) is 12.0 Å². The van der Waals surface area contributed by atoms with Crippen molar-refractivity contribution in [1.29, 1.82) is 0 Å². The van der Waals surface area contributed by atoms with Crippen LogP contribution in [0, 0.1) is 11.8 Å². The Morgan fingerprint density at radius 3 is 2.88 bits per heavy atom. The van der Waals surface area contributed by atoms with Gasteiger partial charge in [0.25, 0.3) is 0 Å². The molecule has 1 aliphatic rings. The molecule has 1 aromatic heterocycles. The first-order chi connectivity index (χ1) is 7.63. The van der Waals surface area contributed by atoms with Gasteiger partial charge in [-0.1, -0.05) is 24.9 Å². The van der Waals surface area contributed by atoms with Crippen molar-refractivity contribution >= 4 is 11.6 Å². The molecule has 2 rings (SSSR count). The second-order valence-corrected chi connectivity index (χ2v) is 5.43. The number of nitrogens with two attached hydrogens (primary N) is 1. The molecule has 4 heteroatoms. The Morgan fingerprint density at radius 2 is 2.31 bits per heavy atom. The summed E-state index contributed by atoms with van der Waals surface area (Å²) >= 11 is 6.22. The summed E-state index contributed by atoms with van der Waals surface area (Å²) in [5.41, 5.74) is 7.04. The van der Waals surface area contributed by atoms with Crippen molar-refractivity contribution in [3.8, 4) is 0 Å². The van der Waals surface area contributed by atoms with Gasteiger partial charge in [-0.15, -0.1) is 0 Å². The Labute approximate surface area is 102 Å². The zero-order valence-corrected chi connectivity index (χ0v) is 10.7. The molecule has 90 valence electrons. The fourth-order valence-corrected chi connectivity index (χ4v) is 3.20. The van der Waals surface area contributed by atoms with Crippen LogP contribution in [0.15, 0.2) is 6.20 Å². The Bertz CT molecular complexity index is 342. The Balaban J connectivity index is 2.29. The van der Waals surface area contributed by atoms with Crippen molar-refractivity contribution in [1.82, 2.24) is 9.78 Å². The predicted molar refractivity (Wildman–Crippen MR) is 66.5 cm³/mol. The molecule has 1 heterocycles. The van der Waals surface area contributed by atoms with E-state index < -0.39 is 0 Å². The minimum Gasteiger partial charge on any atom is -0.330 e. The summed E-state index contributed by atoms with van der Waals surface area (Å²) < 4.78 is 1.91. The van der Waals surface area contributed by atoms with Crippen LogP contribution < -0.4 is 5.73 Å². The lowest BCUT2D eigenvalue weighted by Gasteiger charge is -2.34. The van der Waals surface area contributed by atoms with Gasteiger partial charge in [0.2, 0.25) is 0 Å². The fraction of sp³-hybridized carbons (Fsp3) is 0.750. The summed E-state index contributed by atoms with van der Waals surface area (Å²) in [4.78, 5) is 0. The third-order valence-corrected chi connectivity index (χ3v) is 4.14. The summed E-state index contributed by atoms with van der Waals surface area (Å²) in [6.45, 7) is 3.06. The number of hydrogen-bond donors (Lipinski definition) is 1. The van der Waals surface area contributed by atoms with Crippen molar-refractivity contribution in [2.45, 2.75) is 32.1 Å². The molecule has 1 aliphatic carbocycles. The maximum absolute atomic E-state index is 6.22. The number of rotatable bonds is 2. The molecule has 1 saturated carbocycles. The van der Waals surface area contributed by atoms with Crippen LogP contribution in [-0.2, 0) is 7.05 Å². The zero-order valence-electron chi connectivity index (χ0n) is 9.99. The molecule has 0 radical (unpaired) electrons. The number of halogens is 1. The molecular weight excluding hydrogens is 222 g/mol. The normalized spacial score (nSPS) is 30.6. The van der Waals surface area contributed by atoms with E-state index in [0.29, 0.717) is 11.8 Å². The Kier molecular flexibility index (Phi) is 3.55. The first-order valence-electron chi connectivity index (χ1n) is 6.01. The van der Waals surface area contributed by atoms with Crippen LogP contribution in [0.2, 0.25) is 5.02 Å². The van der Waals surface area contributed by atoms with Crippen LogP contribution >= 0.6 is 11.6 Å². The maximum atomic E-state index is 6.22. The highest BCUT2D eigenvalue weighted by Crippen LogP contribution is 2.41. The highest BCUT2D eigenvalue weighted by Gasteiger charge is 2.32. The van der Waals surface area contributed by atoms with E-state index in [4.69, 9.17) is 17.3 Å². The molecule has 0 spiro atoms. The van der Waals surface area contributed by atoms with E-state index in [-0.39, 0.29) is 0 Å². The summed E-state index contributed by atoms with van der Waals surface area (Å²) in [6.07, 6.45) is 5.42. The van der Waals surface area contributed by atoms with E-state index in [1.807, 2.05) is 11.7 Å². The monoisotopic (exact) mass is 241 g/mol. The molecule has 0 bridgehead atoms. The molecule has 3 unspecified atom stereocenters. The van der Waals surface area contributed by atoms with Gasteiger partial charge in [-0.25, -0.2) is 0 Å². The van der Waals surface area contributed by atoms with E-state index in [1.165, 1.54) is 25.0 Å². The average molecular weight is 242 g/mol. The van der Waals surface area contributed by atoms with Crippen LogP contribution in [0.5, 0.6) is 0 Å². The van der Waals surface area contributed by atoms with Crippen molar-refractivity contribution in [2.24, 2.45) is 24.6 Å². The number of nitrogens with zero attached hydrogens (tertiary/aromatic N) is 2. The van der Waals surface area contributed by atoms with Crippen molar-refractivity contribution in [2.75, 3.05) is 6.54 Å². The van der Waals surface area contributed by atoms with Gasteiger partial charge in [0.1, 0.15) is 0 Å². The first kappa shape index (κ1) is 11.9. The summed E-state index contributed by atoms with van der Waals surface area (Å²) in [6, 6.07) is 0. The Hall–Kier alpha value is -0.540. The second-order valence-electron chi connectivity index (χ2n) is 5.02. The average Bonchev–Trinajstić information content (AvgIpc) is 2.58. The van der Waals surface area contributed by atoms with Gasteiger partial charge >= 0.3 is 0 Å². The van der Waals surface area contributed by atoms with E-state index in [1.54, 1.807) is 6.20 Å². The first-order valence-corrected chi connectivity index (χ1v) is 6.38. The highest BCUT2D eigenvalue weighted by atomic mass is 35.5. The minimum atomic E-state index is 0.480. The summed E-state index contributed by atoms with van der Waals surface area (Å²) in [7, 11) is 1.97. The SMILES string of the molecule is CC1CCC(CN)C(c2c(Cl)cnn2C)C1. The molecule has 3 atom stereocenters. The summed E-state index contributed by atoms with van der Waals surface area (Å²) in [5.74, 6) is 1.80. The highest BCUT2D eigenvalue weighted by molar-refractivity contribution is 6.31. The third kappa shape index (κ3) is 2.11. The molecule has 1 aromatic rings. The molecule has 16 heavy (non-hydrogen) atoms. The van der Waals surface area contributed by atoms with Gasteiger partial charge in [-0.2, -0.15) is 5.10 Å². The van der Waals surface area contributed by atoms with Crippen LogP contribution in [0.25, 0.3) is 0 Å². The molecule has 2 N–H and O–H groups in total.